The average Bonchev–Trinajstić information content (AvgIpc) is 2.91. The van der Waals surface area contributed by atoms with Gasteiger partial charge in [-0.15, -0.1) is 35.3 Å². The van der Waals surface area contributed by atoms with E-state index in [1.54, 1.807) is 11.3 Å². The first-order chi connectivity index (χ1) is 10.2. The van der Waals surface area contributed by atoms with E-state index >= 15 is 0 Å². The number of aromatic nitrogens is 1. The standard InChI is InChI=1S/C15H26N4S2.HI/c1-4-16-15(18-10-14-17-9-11(2)21-14)19-12-6-5-7-13(8-12)20-3;/h9,12-13H,4-8,10H2,1-3H3,(H2,16,18,19);1H. The van der Waals surface area contributed by atoms with Crippen LogP contribution in [0.25, 0.3) is 0 Å². The second-order valence-corrected chi connectivity index (χ2v) is 7.88. The third-order valence-electron chi connectivity index (χ3n) is 3.69. The highest BCUT2D eigenvalue weighted by Gasteiger charge is 2.21. The van der Waals surface area contributed by atoms with Crippen molar-refractivity contribution in [1.29, 1.82) is 0 Å². The number of hydrogen-bond donors (Lipinski definition) is 2. The minimum atomic E-state index is 0. The predicted octanol–water partition coefficient (Wildman–Crippen LogP) is 3.80. The van der Waals surface area contributed by atoms with Crippen LogP contribution in [0.1, 0.15) is 42.5 Å². The second kappa shape index (κ2) is 10.7. The van der Waals surface area contributed by atoms with Crippen molar-refractivity contribution in [2.45, 2.75) is 57.4 Å². The predicted molar refractivity (Wildman–Crippen MR) is 110 cm³/mol. The number of nitrogens with one attached hydrogen (secondary N) is 2. The highest BCUT2D eigenvalue weighted by atomic mass is 127. The first-order valence-corrected chi connectivity index (χ1v) is 9.80. The van der Waals surface area contributed by atoms with E-state index in [1.165, 1.54) is 30.6 Å². The molecule has 4 nitrogen and oxygen atoms in total. The van der Waals surface area contributed by atoms with Crippen LogP contribution in [0.3, 0.4) is 0 Å². The smallest absolute Gasteiger partial charge is 0.191 e. The minimum absolute atomic E-state index is 0. The van der Waals surface area contributed by atoms with Crippen LogP contribution in [0.15, 0.2) is 11.2 Å². The van der Waals surface area contributed by atoms with Crippen molar-refractivity contribution >= 4 is 53.0 Å². The third kappa shape index (κ3) is 6.62. The van der Waals surface area contributed by atoms with Gasteiger partial charge in [-0.25, -0.2) is 9.98 Å². The summed E-state index contributed by atoms with van der Waals surface area (Å²) >= 11 is 3.72. The van der Waals surface area contributed by atoms with Gasteiger partial charge >= 0.3 is 0 Å². The summed E-state index contributed by atoms with van der Waals surface area (Å²) in [6.45, 7) is 5.74. The van der Waals surface area contributed by atoms with Gasteiger partial charge in [0.25, 0.3) is 0 Å². The minimum Gasteiger partial charge on any atom is -0.357 e. The highest BCUT2D eigenvalue weighted by Crippen LogP contribution is 2.26. The fourth-order valence-electron chi connectivity index (χ4n) is 2.62. The number of aryl methyl sites for hydroxylation is 1. The van der Waals surface area contributed by atoms with Gasteiger partial charge < -0.3 is 10.6 Å². The van der Waals surface area contributed by atoms with Crippen molar-refractivity contribution in [2.24, 2.45) is 4.99 Å². The Labute approximate surface area is 159 Å². The molecule has 1 heterocycles. The molecule has 0 aliphatic heterocycles. The van der Waals surface area contributed by atoms with E-state index in [-0.39, 0.29) is 24.0 Å². The van der Waals surface area contributed by atoms with Gasteiger partial charge in [-0.3, -0.25) is 0 Å². The van der Waals surface area contributed by atoms with E-state index in [9.17, 15) is 0 Å². The topological polar surface area (TPSA) is 49.3 Å². The summed E-state index contributed by atoms with van der Waals surface area (Å²) in [4.78, 5) is 10.3. The maximum atomic E-state index is 4.68. The lowest BCUT2D eigenvalue weighted by molar-refractivity contribution is 0.419. The molecule has 2 unspecified atom stereocenters. The van der Waals surface area contributed by atoms with E-state index in [2.05, 4.69) is 40.7 Å². The summed E-state index contributed by atoms with van der Waals surface area (Å²) in [5.41, 5.74) is 0. The number of halogens is 1. The molecule has 1 aromatic rings. The van der Waals surface area contributed by atoms with E-state index in [0.717, 1.165) is 22.8 Å². The van der Waals surface area contributed by atoms with Gasteiger partial charge in [-0.2, -0.15) is 11.8 Å². The van der Waals surface area contributed by atoms with Gasteiger partial charge in [-0.05, 0) is 39.4 Å². The molecule has 22 heavy (non-hydrogen) atoms. The van der Waals surface area contributed by atoms with E-state index in [4.69, 9.17) is 0 Å². The fourth-order valence-corrected chi connectivity index (χ4v) is 4.16. The van der Waals surface area contributed by atoms with E-state index in [0.29, 0.717) is 12.6 Å². The fraction of sp³-hybridized carbons (Fsp3) is 0.733. The third-order valence-corrected chi connectivity index (χ3v) is 5.68. The van der Waals surface area contributed by atoms with Crippen LogP contribution in [0.2, 0.25) is 0 Å². The number of hydrogen-bond acceptors (Lipinski definition) is 4. The molecular weight excluding hydrogens is 427 g/mol. The van der Waals surface area contributed by atoms with Crippen molar-refractivity contribution in [3.05, 3.63) is 16.1 Å². The van der Waals surface area contributed by atoms with Gasteiger partial charge in [0, 0.05) is 28.9 Å². The molecule has 1 aliphatic carbocycles. The van der Waals surface area contributed by atoms with Crippen LogP contribution in [0, 0.1) is 6.92 Å². The zero-order valence-corrected chi connectivity index (χ0v) is 17.6. The molecule has 0 bridgehead atoms. The van der Waals surface area contributed by atoms with Crippen LogP contribution in [0.5, 0.6) is 0 Å². The zero-order valence-electron chi connectivity index (χ0n) is 13.6. The molecule has 1 fully saturated rings. The molecule has 0 radical (unpaired) electrons. The number of nitrogens with zero attached hydrogens (tertiary/aromatic N) is 2. The van der Waals surface area contributed by atoms with Crippen LogP contribution in [0.4, 0.5) is 0 Å². The number of thiazole rings is 1. The van der Waals surface area contributed by atoms with Crippen LogP contribution in [-0.4, -0.2) is 35.0 Å². The zero-order chi connectivity index (χ0) is 15.1. The number of guanidine groups is 1. The summed E-state index contributed by atoms with van der Waals surface area (Å²) in [7, 11) is 0. The molecule has 2 N–H and O–H groups in total. The second-order valence-electron chi connectivity index (χ2n) is 5.43. The lowest BCUT2D eigenvalue weighted by atomic mass is 9.95. The molecule has 0 aromatic carbocycles. The van der Waals surface area contributed by atoms with Crippen LogP contribution < -0.4 is 10.6 Å². The van der Waals surface area contributed by atoms with Gasteiger partial charge in [0.1, 0.15) is 5.01 Å². The molecule has 0 amide bonds. The van der Waals surface area contributed by atoms with Gasteiger partial charge in [0.2, 0.25) is 0 Å². The first kappa shape index (κ1) is 20.0. The Morgan fingerprint density at radius 3 is 2.95 bits per heavy atom. The average molecular weight is 454 g/mol. The van der Waals surface area contributed by atoms with E-state index < -0.39 is 0 Å². The molecule has 2 atom stereocenters. The van der Waals surface area contributed by atoms with Gasteiger partial charge in [0.15, 0.2) is 5.96 Å². The monoisotopic (exact) mass is 454 g/mol. The normalized spacial score (nSPS) is 22.0. The Kier molecular flexibility index (Phi) is 9.74. The van der Waals surface area contributed by atoms with Crippen LogP contribution >= 0.6 is 47.1 Å². The van der Waals surface area contributed by atoms with Crippen molar-refractivity contribution in [1.82, 2.24) is 15.6 Å². The molecule has 2 rings (SSSR count). The summed E-state index contributed by atoms with van der Waals surface area (Å²) in [6, 6.07) is 0.548. The Morgan fingerprint density at radius 2 is 2.32 bits per heavy atom. The molecule has 0 spiro atoms. The van der Waals surface area contributed by atoms with Crippen molar-refractivity contribution in [2.75, 3.05) is 12.8 Å². The number of rotatable bonds is 5. The van der Waals surface area contributed by atoms with Gasteiger partial charge in [0.05, 0.1) is 6.54 Å². The quantitative estimate of drug-likeness (QED) is 0.404. The largest absolute Gasteiger partial charge is 0.357 e. The van der Waals surface area contributed by atoms with Crippen molar-refractivity contribution in [3.8, 4) is 0 Å². The summed E-state index contributed by atoms with van der Waals surface area (Å²) in [5, 5.41) is 8.82. The number of thioether (sulfide) groups is 1. The lowest BCUT2D eigenvalue weighted by Crippen LogP contribution is -2.45. The lowest BCUT2D eigenvalue weighted by Gasteiger charge is -2.29. The van der Waals surface area contributed by atoms with Crippen molar-refractivity contribution in [3.63, 3.8) is 0 Å². The molecule has 7 heteroatoms. The molecule has 0 saturated heterocycles. The molecular formula is C15H27IN4S2. The summed E-state index contributed by atoms with van der Waals surface area (Å²) in [5.74, 6) is 0.928. The maximum absolute atomic E-state index is 4.68. The SMILES string of the molecule is CCNC(=NCc1ncc(C)s1)NC1CCCC(SC)C1.I. The van der Waals surface area contributed by atoms with Crippen LogP contribution in [-0.2, 0) is 6.54 Å². The van der Waals surface area contributed by atoms with Gasteiger partial charge in [-0.1, -0.05) is 6.42 Å². The molecule has 126 valence electrons. The Morgan fingerprint density at radius 1 is 1.50 bits per heavy atom. The summed E-state index contributed by atoms with van der Waals surface area (Å²) < 4.78 is 0. The first-order valence-electron chi connectivity index (χ1n) is 7.70. The van der Waals surface area contributed by atoms with E-state index in [1.807, 2.05) is 18.0 Å². The molecule has 1 aromatic heterocycles. The molecule has 1 aliphatic rings. The Bertz CT molecular complexity index is 464. The summed E-state index contributed by atoms with van der Waals surface area (Å²) in [6.07, 6.45) is 9.29. The number of aliphatic imine (C=N–C) groups is 1. The van der Waals surface area contributed by atoms with Crippen molar-refractivity contribution < 1.29 is 0 Å². The molecule has 1 saturated carbocycles. The highest BCUT2D eigenvalue weighted by molar-refractivity contribution is 14.0. The Hall–Kier alpha value is -0.0200. The maximum Gasteiger partial charge on any atom is 0.191 e. The Balaban J connectivity index is 0.00000242.